The Balaban J connectivity index is 2.46. The third kappa shape index (κ3) is 3.73. The van der Waals surface area contributed by atoms with Gasteiger partial charge in [-0.25, -0.2) is 4.99 Å². The number of guanidine groups is 1. The van der Waals surface area contributed by atoms with Gasteiger partial charge >= 0.3 is 0 Å². The summed E-state index contributed by atoms with van der Waals surface area (Å²) in [7, 11) is 0. The average Bonchev–Trinajstić information content (AvgIpc) is 2.24. The topological polar surface area (TPSA) is 59.6 Å². The van der Waals surface area contributed by atoms with Crippen molar-refractivity contribution >= 4 is 5.96 Å². The number of rotatable bonds is 5. The fourth-order valence-corrected chi connectivity index (χ4v) is 2.13. The second-order valence-electron chi connectivity index (χ2n) is 6.09. The lowest BCUT2D eigenvalue weighted by Crippen LogP contribution is -2.63. The van der Waals surface area contributed by atoms with Gasteiger partial charge in [-0.2, -0.15) is 0 Å². The van der Waals surface area contributed by atoms with Crippen molar-refractivity contribution in [2.75, 3.05) is 6.54 Å². The summed E-state index contributed by atoms with van der Waals surface area (Å²) in [4.78, 5) is 4.24. The summed E-state index contributed by atoms with van der Waals surface area (Å²) < 4.78 is 5.88. The Bertz CT molecular complexity index is 334. The van der Waals surface area contributed by atoms with Crippen LogP contribution in [0.2, 0.25) is 0 Å². The summed E-state index contributed by atoms with van der Waals surface area (Å²) in [5.41, 5.74) is 6.96. The maximum Gasteiger partial charge on any atom is 0.189 e. The van der Waals surface area contributed by atoms with Crippen LogP contribution in [0.3, 0.4) is 0 Å². The minimum absolute atomic E-state index is 0.0909. The van der Waals surface area contributed by atoms with Gasteiger partial charge in [0.2, 0.25) is 0 Å². The summed E-state index contributed by atoms with van der Waals surface area (Å²) in [6.07, 6.45) is 1.54. The largest absolute Gasteiger partial charge is 0.375 e. The van der Waals surface area contributed by atoms with Gasteiger partial charge in [0.15, 0.2) is 5.96 Å². The SMILES string of the molecule is C=C(C)CN=C(N)NC1CC(OC(C)C)C1(C)C. The number of hydrogen-bond donors (Lipinski definition) is 2. The Morgan fingerprint density at radius 2 is 2.17 bits per heavy atom. The Morgan fingerprint density at radius 1 is 1.56 bits per heavy atom. The predicted molar refractivity (Wildman–Crippen MR) is 76.6 cm³/mol. The molecule has 0 aliphatic heterocycles. The first kappa shape index (κ1) is 15.0. The van der Waals surface area contributed by atoms with Crippen LogP contribution >= 0.6 is 0 Å². The molecule has 0 radical (unpaired) electrons. The Kier molecular flexibility index (Phi) is 4.79. The number of aliphatic imine (C=N–C) groups is 1. The highest BCUT2D eigenvalue weighted by atomic mass is 16.5. The standard InChI is InChI=1S/C14H27N3O/c1-9(2)8-16-13(15)17-11-7-12(14(11,5)6)18-10(3)4/h10-12H,1,7-8H2,2-6H3,(H3,15,16,17). The van der Waals surface area contributed by atoms with Crippen molar-refractivity contribution in [2.24, 2.45) is 16.1 Å². The molecule has 0 amide bonds. The first-order chi connectivity index (χ1) is 8.23. The summed E-state index contributed by atoms with van der Waals surface area (Å²) in [5.74, 6) is 0.499. The van der Waals surface area contributed by atoms with E-state index in [9.17, 15) is 0 Å². The Labute approximate surface area is 111 Å². The van der Waals surface area contributed by atoms with Gasteiger partial charge in [-0.05, 0) is 27.2 Å². The lowest BCUT2D eigenvalue weighted by molar-refractivity contribution is -0.134. The number of nitrogens with one attached hydrogen (secondary N) is 1. The molecule has 0 aromatic heterocycles. The highest BCUT2D eigenvalue weighted by Crippen LogP contribution is 2.43. The van der Waals surface area contributed by atoms with Crippen molar-refractivity contribution in [3.63, 3.8) is 0 Å². The summed E-state index contributed by atoms with van der Waals surface area (Å²) >= 11 is 0. The molecule has 4 nitrogen and oxygen atoms in total. The van der Waals surface area contributed by atoms with Crippen molar-refractivity contribution in [2.45, 2.75) is 59.3 Å². The fourth-order valence-electron chi connectivity index (χ4n) is 2.13. The minimum atomic E-state index is 0.0909. The molecule has 1 rings (SSSR count). The van der Waals surface area contributed by atoms with Crippen molar-refractivity contribution < 1.29 is 4.74 Å². The molecule has 18 heavy (non-hydrogen) atoms. The maximum absolute atomic E-state index is 5.88. The van der Waals surface area contributed by atoms with E-state index in [2.05, 4.69) is 44.6 Å². The smallest absolute Gasteiger partial charge is 0.189 e. The van der Waals surface area contributed by atoms with E-state index in [4.69, 9.17) is 10.5 Å². The van der Waals surface area contributed by atoms with Crippen LogP contribution in [-0.2, 0) is 4.74 Å². The normalized spacial score (nSPS) is 26.9. The first-order valence-corrected chi connectivity index (χ1v) is 6.59. The molecule has 0 saturated heterocycles. The van der Waals surface area contributed by atoms with Crippen LogP contribution in [0.15, 0.2) is 17.1 Å². The molecule has 4 heteroatoms. The van der Waals surface area contributed by atoms with Gasteiger partial charge in [-0.15, -0.1) is 0 Å². The highest BCUT2D eigenvalue weighted by molar-refractivity contribution is 5.78. The molecular weight excluding hydrogens is 226 g/mol. The van der Waals surface area contributed by atoms with Gasteiger partial charge in [-0.1, -0.05) is 26.0 Å². The second kappa shape index (κ2) is 5.74. The van der Waals surface area contributed by atoms with E-state index in [1.165, 1.54) is 0 Å². The van der Waals surface area contributed by atoms with Crippen LogP contribution in [0.4, 0.5) is 0 Å². The summed E-state index contributed by atoms with van der Waals surface area (Å²) in [5, 5.41) is 3.27. The lowest BCUT2D eigenvalue weighted by Gasteiger charge is -2.52. The molecule has 2 atom stereocenters. The quantitative estimate of drug-likeness (QED) is 0.448. The van der Waals surface area contributed by atoms with E-state index in [1.54, 1.807) is 0 Å². The molecule has 0 heterocycles. The molecule has 3 N–H and O–H groups in total. The minimum Gasteiger partial charge on any atom is -0.375 e. The fraction of sp³-hybridized carbons (Fsp3) is 0.786. The van der Waals surface area contributed by atoms with Crippen LogP contribution in [0.25, 0.3) is 0 Å². The van der Waals surface area contributed by atoms with Gasteiger partial charge in [0.05, 0.1) is 18.8 Å². The average molecular weight is 253 g/mol. The number of nitrogens with zero attached hydrogens (tertiary/aromatic N) is 1. The molecule has 0 bridgehead atoms. The van der Waals surface area contributed by atoms with Crippen LogP contribution in [0.1, 0.15) is 41.0 Å². The summed E-state index contributed by atoms with van der Waals surface area (Å²) in [6, 6.07) is 0.329. The molecule has 1 aliphatic rings. The van der Waals surface area contributed by atoms with Crippen LogP contribution in [-0.4, -0.2) is 30.8 Å². The zero-order valence-electron chi connectivity index (χ0n) is 12.3. The Morgan fingerprint density at radius 3 is 2.61 bits per heavy atom. The second-order valence-corrected chi connectivity index (χ2v) is 6.09. The zero-order chi connectivity index (χ0) is 13.9. The molecular formula is C14H27N3O. The monoisotopic (exact) mass is 253 g/mol. The molecule has 104 valence electrons. The van der Waals surface area contributed by atoms with Gasteiger partial charge in [-0.3, -0.25) is 0 Å². The van der Waals surface area contributed by atoms with Crippen molar-refractivity contribution in [3.8, 4) is 0 Å². The molecule has 1 saturated carbocycles. The number of nitrogens with two attached hydrogens (primary N) is 1. The zero-order valence-corrected chi connectivity index (χ0v) is 12.3. The molecule has 0 aromatic rings. The van der Waals surface area contributed by atoms with Gasteiger partial charge < -0.3 is 15.8 Å². The molecule has 2 unspecified atom stereocenters. The molecule has 1 fully saturated rings. The maximum atomic E-state index is 5.88. The number of ether oxygens (including phenoxy) is 1. The van der Waals surface area contributed by atoms with E-state index < -0.39 is 0 Å². The Hall–Kier alpha value is -1.03. The van der Waals surface area contributed by atoms with E-state index in [0.717, 1.165) is 12.0 Å². The lowest BCUT2D eigenvalue weighted by atomic mass is 9.64. The summed E-state index contributed by atoms with van der Waals surface area (Å²) in [6.45, 7) is 14.9. The van der Waals surface area contributed by atoms with E-state index in [1.807, 2.05) is 6.92 Å². The third-order valence-electron chi connectivity index (χ3n) is 3.46. The first-order valence-electron chi connectivity index (χ1n) is 6.59. The number of hydrogen-bond acceptors (Lipinski definition) is 2. The van der Waals surface area contributed by atoms with Crippen molar-refractivity contribution in [3.05, 3.63) is 12.2 Å². The molecule has 0 spiro atoms. The van der Waals surface area contributed by atoms with Gasteiger partial charge in [0, 0.05) is 11.5 Å². The third-order valence-corrected chi connectivity index (χ3v) is 3.46. The molecule has 1 aliphatic carbocycles. The van der Waals surface area contributed by atoms with Crippen molar-refractivity contribution in [1.29, 1.82) is 0 Å². The van der Waals surface area contributed by atoms with E-state index >= 15 is 0 Å². The predicted octanol–water partition coefficient (Wildman–Crippen LogP) is 2.06. The van der Waals surface area contributed by atoms with Gasteiger partial charge in [0.1, 0.15) is 0 Å². The highest BCUT2D eigenvalue weighted by Gasteiger charge is 2.49. The molecule has 0 aromatic carbocycles. The van der Waals surface area contributed by atoms with Gasteiger partial charge in [0.25, 0.3) is 0 Å². The van der Waals surface area contributed by atoms with E-state index in [0.29, 0.717) is 24.7 Å². The van der Waals surface area contributed by atoms with Crippen LogP contribution in [0, 0.1) is 5.41 Å². The van der Waals surface area contributed by atoms with Crippen LogP contribution in [0.5, 0.6) is 0 Å². The van der Waals surface area contributed by atoms with Crippen molar-refractivity contribution in [1.82, 2.24) is 5.32 Å². The van der Waals surface area contributed by atoms with E-state index in [-0.39, 0.29) is 11.5 Å². The van der Waals surface area contributed by atoms with Crippen LogP contribution < -0.4 is 11.1 Å².